The molecule has 0 aliphatic carbocycles. The maximum atomic E-state index is 11.2. The van der Waals surface area contributed by atoms with Crippen molar-refractivity contribution in [1.82, 2.24) is 0 Å². The van der Waals surface area contributed by atoms with Gasteiger partial charge in [-0.05, 0) is 6.92 Å². The first-order valence-corrected chi connectivity index (χ1v) is 4.89. The maximum Gasteiger partial charge on any atom is 0.347 e. The SMILES string of the molecule is C=CCOC(C)C(=O)OCC(=O)OCOC=C. The van der Waals surface area contributed by atoms with E-state index in [1.54, 1.807) is 0 Å². The van der Waals surface area contributed by atoms with Crippen LogP contribution >= 0.6 is 0 Å². The third kappa shape index (κ3) is 8.04. The van der Waals surface area contributed by atoms with E-state index in [9.17, 15) is 9.59 Å². The van der Waals surface area contributed by atoms with Crippen LogP contribution in [-0.2, 0) is 28.5 Å². The molecule has 0 aliphatic heterocycles. The summed E-state index contributed by atoms with van der Waals surface area (Å²) in [5.74, 6) is -1.36. The molecular weight excluding hydrogens is 228 g/mol. The molecule has 0 amide bonds. The zero-order valence-corrected chi connectivity index (χ0v) is 9.72. The smallest absolute Gasteiger partial charge is 0.347 e. The van der Waals surface area contributed by atoms with Gasteiger partial charge in [0.1, 0.15) is 0 Å². The lowest BCUT2D eigenvalue weighted by Gasteiger charge is -2.10. The molecule has 0 N–H and O–H groups in total. The molecule has 0 aliphatic rings. The van der Waals surface area contributed by atoms with Gasteiger partial charge in [-0.1, -0.05) is 12.7 Å². The minimum Gasteiger partial charge on any atom is -0.466 e. The highest BCUT2D eigenvalue weighted by Gasteiger charge is 2.16. The lowest BCUT2D eigenvalue weighted by atomic mass is 10.4. The first-order valence-electron chi connectivity index (χ1n) is 4.89. The fraction of sp³-hybridized carbons (Fsp3) is 0.455. The summed E-state index contributed by atoms with van der Waals surface area (Å²) in [6, 6.07) is 0. The van der Waals surface area contributed by atoms with E-state index in [-0.39, 0.29) is 13.4 Å². The van der Waals surface area contributed by atoms with Crippen molar-refractivity contribution >= 4 is 11.9 Å². The summed E-state index contributed by atoms with van der Waals surface area (Å²) in [6.07, 6.45) is 1.88. The number of carbonyl (C=O) groups excluding carboxylic acids is 2. The average molecular weight is 244 g/mol. The lowest BCUT2D eigenvalue weighted by Crippen LogP contribution is -2.26. The highest BCUT2D eigenvalue weighted by atomic mass is 16.7. The Kier molecular flexibility index (Phi) is 8.40. The van der Waals surface area contributed by atoms with E-state index in [0.29, 0.717) is 0 Å². The molecule has 0 heterocycles. The molecule has 96 valence electrons. The molecule has 1 unspecified atom stereocenters. The molecule has 0 rings (SSSR count). The molecule has 0 bridgehead atoms. The van der Waals surface area contributed by atoms with Crippen LogP contribution in [0.2, 0.25) is 0 Å². The summed E-state index contributed by atoms with van der Waals surface area (Å²) < 4.78 is 18.7. The molecule has 17 heavy (non-hydrogen) atoms. The number of ether oxygens (including phenoxy) is 4. The number of rotatable bonds is 9. The van der Waals surface area contributed by atoms with Crippen LogP contribution in [0.1, 0.15) is 6.92 Å². The van der Waals surface area contributed by atoms with Gasteiger partial charge in [-0.15, -0.1) is 6.58 Å². The molecule has 0 radical (unpaired) electrons. The fourth-order valence-corrected chi connectivity index (χ4v) is 0.717. The Labute approximate surface area is 99.8 Å². The van der Waals surface area contributed by atoms with Crippen LogP contribution in [0.5, 0.6) is 0 Å². The summed E-state index contributed by atoms with van der Waals surface area (Å²) in [7, 11) is 0. The fourth-order valence-electron chi connectivity index (χ4n) is 0.717. The van der Waals surface area contributed by atoms with Crippen molar-refractivity contribution in [2.75, 3.05) is 20.0 Å². The number of esters is 2. The van der Waals surface area contributed by atoms with Crippen molar-refractivity contribution in [2.45, 2.75) is 13.0 Å². The van der Waals surface area contributed by atoms with E-state index >= 15 is 0 Å². The van der Waals surface area contributed by atoms with Crippen LogP contribution in [0.15, 0.2) is 25.5 Å². The van der Waals surface area contributed by atoms with E-state index in [4.69, 9.17) is 4.74 Å². The van der Waals surface area contributed by atoms with Gasteiger partial charge in [-0.25, -0.2) is 9.59 Å². The third-order valence-corrected chi connectivity index (χ3v) is 1.53. The standard InChI is InChI=1S/C11H16O6/c1-4-6-15-9(3)11(13)16-7-10(12)17-8-14-5-2/h4-5,9H,1-2,6-8H2,3H3. The van der Waals surface area contributed by atoms with Crippen molar-refractivity contribution in [3.05, 3.63) is 25.5 Å². The van der Waals surface area contributed by atoms with Gasteiger partial charge in [-0.2, -0.15) is 0 Å². The minimum absolute atomic E-state index is 0.230. The molecule has 0 fully saturated rings. The van der Waals surface area contributed by atoms with Crippen molar-refractivity contribution in [1.29, 1.82) is 0 Å². The zero-order valence-electron chi connectivity index (χ0n) is 9.72. The Morgan fingerprint density at radius 3 is 2.59 bits per heavy atom. The molecule has 1 atom stereocenters. The van der Waals surface area contributed by atoms with Gasteiger partial charge >= 0.3 is 11.9 Å². The van der Waals surface area contributed by atoms with Crippen LogP contribution in [0.25, 0.3) is 0 Å². The predicted octanol–water partition coefficient (Wildman–Crippen LogP) is 0.781. The van der Waals surface area contributed by atoms with E-state index in [2.05, 4.69) is 27.4 Å². The van der Waals surface area contributed by atoms with Gasteiger partial charge in [0.2, 0.25) is 6.79 Å². The van der Waals surface area contributed by atoms with Crippen molar-refractivity contribution in [3.8, 4) is 0 Å². The maximum absolute atomic E-state index is 11.2. The van der Waals surface area contributed by atoms with Crippen LogP contribution in [0, 0.1) is 0 Å². The first kappa shape index (κ1) is 15.2. The summed E-state index contributed by atoms with van der Waals surface area (Å²) in [4.78, 5) is 22.2. The molecule has 0 aromatic heterocycles. The quantitative estimate of drug-likeness (QED) is 0.196. The molecule has 6 nitrogen and oxygen atoms in total. The van der Waals surface area contributed by atoms with E-state index in [0.717, 1.165) is 6.26 Å². The van der Waals surface area contributed by atoms with Gasteiger partial charge in [0.25, 0.3) is 0 Å². The van der Waals surface area contributed by atoms with Crippen LogP contribution in [-0.4, -0.2) is 38.0 Å². The minimum atomic E-state index is -0.759. The molecule has 0 saturated carbocycles. The van der Waals surface area contributed by atoms with E-state index < -0.39 is 24.6 Å². The normalized spacial score (nSPS) is 11.1. The van der Waals surface area contributed by atoms with Gasteiger partial charge in [0.05, 0.1) is 12.9 Å². The Morgan fingerprint density at radius 2 is 2.00 bits per heavy atom. The lowest BCUT2D eigenvalue weighted by molar-refractivity contribution is -0.169. The second-order valence-corrected chi connectivity index (χ2v) is 2.84. The Hall–Kier alpha value is -1.82. The number of hydrogen-bond donors (Lipinski definition) is 0. The Bertz CT molecular complexity index is 273. The molecule has 6 heteroatoms. The summed E-state index contributed by atoms with van der Waals surface area (Å²) in [5.41, 5.74) is 0. The van der Waals surface area contributed by atoms with Crippen LogP contribution in [0.4, 0.5) is 0 Å². The summed E-state index contributed by atoms with van der Waals surface area (Å²) in [6.45, 7) is 7.69. The number of hydrogen-bond acceptors (Lipinski definition) is 6. The molecular formula is C11H16O6. The molecule has 0 spiro atoms. The second kappa shape index (κ2) is 9.41. The van der Waals surface area contributed by atoms with Gasteiger partial charge in [-0.3, -0.25) is 0 Å². The summed E-state index contributed by atoms with van der Waals surface area (Å²) >= 11 is 0. The number of carbonyl (C=O) groups is 2. The predicted molar refractivity (Wildman–Crippen MR) is 58.8 cm³/mol. The average Bonchev–Trinajstić information content (AvgIpc) is 2.33. The van der Waals surface area contributed by atoms with Gasteiger partial charge < -0.3 is 18.9 Å². The zero-order chi connectivity index (χ0) is 13.1. The van der Waals surface area contributed by atoms with Gasteiger partial charge in [0, 0.05) is 0 Å². The van der Waals surface area contributed by atoms with Crippen molar-refractivity contribution < 1.29 is 28.5 Å². The highest BCUT2D eigenvalue weighted by molar-refractivity contribution is 5.78. The first-order chi connectivity index (χ1) is 8.11. The largest absolute Gasteiger partial charge is 0.466 e. The van der Waals surface area contributed by atoms with Crippen molar-refractivity contribution in [3.63, 3.8) is 0 Å². The topological polar surface area (TPSA) is 71.1 Å². The second-order valence-electron chi connectivity index (χ2n) is 2.84. The Balaban J connectivity index is 3.70. The van der Waals surface area contributed by atoms with Gasteiger partial charge in [0.15, 0.2) is 12.7 Å². The van der Waals surface area contributed by atoms with Crippen molar-refractivity contribution in [2.24, 2.45) is 0 Å². The summed E-state index contributed by atoms with van der Waals surface area (Å²) in [5, 5.41) is 0. The van der Waals surface area contributed by atoms with Crippen LogP contribution < -0.4 is 0 Å². The highest BCUT2D eigenvalue weighted by Crippen LogP contribution is 1.95. The van der Waals surface area contributed by atoms with E-state index in [1.165, 1.54) is 13.0 Å². The van der Waals surface area contributed by atoms with Crippen LogP contribution in [0.3, 0.4) is 0 Å². The molecule has 0 aromatic rings. The third-order valence-electron chi connectivity index (χ3n) is 1.53. The van der Waals surface area contributed by atoms with E-state index in [1.807, 2.05) is 0 Å². The monoisotopic (exact) mass is 244 g/mol. The molecule has 0 aromatic carbocycles. The molecule has 0 saturated heterocycles. The Morgan fingerprint density at radius 1 is 1.29 bits per heavy atom.